The molecule has 0 fully saturated rings. The van der Waals surface area contributed by atoms with Crippen LogP contribution in [0.2, 0.25) is 0 Å². The summed E-state index contributed by atoms with van der Waals surface area (Å²) in [5.41, 5.74) is 6.60. The Bertz CT molecular complexity index is 391. The zero-order valence-electron chi connectivity index (χ0n) is 8.05. The predicted molar refractivity (Wildman–Crippen MR) is 52.6 cm³/mol. The Balaban J connectivity index is 2.31. The molecule has 0 spiro atoms. The van der Waals surface area contributed by atoms with Gasteiger partial charge in [-0.2, -0.15) is 0 Å². The molecule has 4 heteroatoms. The maximum Gasteiger partial charge on any atom is 0.126 e. The summed E-state index contributed by atoms with van der Waals surface area (Å²) in [7, 11) is 0. The van der Waals surface area contributed by atoms with Crippen molar-refractivity contribution in [3.8, 4) is 0 Å². The van der Waals surface area contributed by atoms with E-state index < -0.39 is 0 Å². The number of hydrogen-bond acceptors (Lipinski definition) is 3. The van der Waals surface area contributed by atoms with Crippen LogP contribution < -0.4 is 5.73 Å². The van der Waals surface area contributed by atoms with Crippen LogP contribution in [-0.4, -0.2) is 9.55 Å². The molecular formula is C10H13N3O. The quantitative estimate of drug-likeness (QED) is 0.800. The minimum Gasteiger partial charge on any atom is -0.467 e. The number of rotatable bonds is 3. The summed E-state index contributed by atoms with van der Waals surface area (Å²) in [5.74, 6) is 0.915. The second-order valence-corrected chi connectivity index (χ2v) is 3.19. The van der Waals surface area contributed by atoms with E-state index in [4.69, 9.17) is 10.2 Å². The lowest BCUT2D eigenvalue weighted by Gasteiger charge is -2.13. The van der Waals surface area contributed by atoms with E-state index in [1.165, 1.54) is 0 Å². The predicted octanol–water partition coefficient (Wildman–Crippen LogP) is 1.54. The fourth-order valence-corrected chi connectivity index (χ4v) is 1.50. The van der Waals surface area contributed by atoms with Gasteiger partial charge in [-0.3, -0.25) is 0 Å². The summed E-state index contributed by atoms with van der Waals surface area (Å²) >= 11 is 0. The van der Waals surface area contributed by atoms with E-state index in [0.29, 0.717) is 6.54 Å². The van der Waals surface area contributed by atoms with Gasteiger partial charge in [0.1, 0.15) is 5.76 Å². The van der Waals surface area contributed by atoms with Crippen molar-refractivity contribution in [1.82, 2.24) is 9.55 Å². The lowest BCUT2D eigenvalue weighted by molar-refractivity contribution is 0.440. The second-order valence-electron chi connectivity index (χ2n) is 3.19. The standard InChI is InChI=1S/C10H13N3O/c1-8(10-3-2-4-14-10)13-7-12-6-9(13)5-11/h2-4,6-8H,5,11H2,1H3. The van der Waals surface area contributed by atoms with Crippen LogP contribution in [0.5, 0.6) is 0 Å². The molecule has 0 amide bonds. The average Bonchev–Trinajstić information content (AvgIpc) is 2.87. The molecule has 2 heterocycles. The van der Waals surface area contributed by atoms with Gasteiger partial charge < -0.3 is 14.7 Å². The Morgan fingerprint density at radius 1 is 1.64 bits per heavy atom. The summed E-state index contributed by atoms with van der Waals surface area (Å²) in [6.45, 7) is 2.55. The first-order valence-corrected chi connectivity index (χ1v) is 4.57. The molecule has 0 aromatic carbocycles. The smallest absolute Gasteiger partial charge is 0.126 e. The Hall–Kier alpha value is -1.55. The number of furan rings is 1. The highest BCUT2D eigenvalue weighted by Crippen LogP contribution is 2.19. The molecule has 0 aliphatic heterocycles. The van der Waals surface area contributed by atoms with Crippen LogP contribution in [0.25, 0.3) is 0 Å². The van der Waals surface area contributed by atoms with Crippen molar-refractivity contribution in [3.05, 3.63) is 42.4 Å². The van der Waals surface area contributed by atoms with Crippen molar-refractivity contribution in [3.63, 3.8) is 0 Å². The van der Waals surface area contributed by atoms with Crippen LogP contribution in [0.4, 0.5) is 0 Å². The molecule has 4 nitrogen and oxygen atoms in total. The van der Waals surface area contributed by atoms with Crippen LogP contribution in [0.3, 0.4) is 0 Å². The van der Waals surface area contributed by atoms with Gasteiger partial charge >= 0.3 is 0 Å². The van der Waals surface area contributed by atoms with Crippen LogP contribution in [0.15, 0.2) is 35.3 Å². The third kappa shape index (κ3) is 1.44. The van der Waals surface area contributed by atoms with E-state index in [1.54, 1.807) is 18.8 Å². The molecule has 2 rings (SSSR count). The van der Waals surface area contributed by atoms with Crippen LogP contribution in [0.1, 0.15) is 24.4 Å². The normalized spacial score (nSPS) is 13.0. The molecule has 14 heavy (non-hydrogen) atoms. The van der Waals surface area contributed by atoms with E-state index in [0.717, 1.165) is 11.5 Å². The van der Waals surface area contributed by atoms with Gasteiger partial charge in [0.15, 0.2) is 0 Å². The molecule has 2 aromatic heterocycles. The molecule has 0 aliphatic rings. The summed E-state index contributed by atoms with van der Waals surface area (Å²) < 4.78 is 7.34. The first-order chi connectivity index (χ1) is 6.83. The zero-order chi connectivity index (χ0) is 9.97. The Morgan fingerprint density at radius 3 is 3.14 bits per heavy atom. The molecule has 2 aromatic rings. The fourth-order valence-electron chi connectivity index (χ4n) is 1.50. The number of aromatic nitrogens is 2. The Kier molecular flexibility index (Phi) is 2.37. The van der Waals surface area contributed by atoms with Gasteiger partial charge in [-0.15, -0.1) is 0 Å². The summed E-state index contributed by atoms with van der Waals surface area (Å²) in [6, 6.07) is 3.97. The summed E-state index contributed by atoms with van der Waals surface area (Å²) in [5, 5.41) is 0. The number of nitrogens with zero attached hydrogens (tertiary/aromatic N) is 2. The average molecular weight is 191 g/mol. The molecule has 0 aliphatic carbocycles. The van der Waals surface area contributed by atoms with Gasteiger partial charge in [-0.25, -0.2) is 4.98 Å². The maximum atomic E-state index is 5.59. The van der Waals surface area contributed by atoms with E-state index >= 15 is 0 Å². The van der Waals surface area contributed by atoms with E-state index in [-0.39, 0.29) is 6.04 Å². The molecular weight excluding hydrogens is 178 g/mol. The molecule has 1 unspecified atom stereocenters. The summed E-state index contributed by atoms with van der Waals surface area (Å²) in [6.07, 6.45) is 5.22. The van der Waals surface area contributed by atoms with Crippen molar-refractivity contribution in [2.75, 3.05) is 0 Å². The van der Waals surface area contributed by atoms with Crippen LogP contribution in [-0.2, 0) is 6.54 Å². The molecule has 0 saturated heterocycles. The minimum atomic E-state index is 0.144. The molecule has 0 radical (unpaired) electrons. The first-order valence-electron chi connectivity index (χ1n) is 4.57. The SMILES string of the molecule is CC(c1ccco1)n1cncc1CN. The highest BCUT2D eigenvalue weighted by Gasteiger charge is 2.12. The topological polar surface area (TPSA) is 57.0 Å². The second kappa shape index (κ2) is 3.67. The highest BCUT2D eigenvalue weighted by atomic mass is 16.3. The lowest BCUT2D eigenvalue weighted by Crippen LogP contribution is -2.11. The molecule has 0 saturated carbocycles. The third-order valence-corrected chi connectivity index (χ3v) is 2.33. The minimum absolute atomic E-state index is 0.144. The van der Waals surface area contributed by atoms with Crippen LogP contribution in [0, 0.1) is 0 Å². The van der Waals surface area contributed by atoms with Gasteiger partial charge in [0.25, 0.3) is 0 Å². The van der Waals surface area contributed by atoms with Crippen molar-refractivity contribution >= 4 is 0 Å². The molecule has 1 atom stereocenters. The largest absolute Gasteiger partial charge is 0.467 e. The van der Waals surface area contributed by atoms with Crippen molar-refractivity contribution < 1.29 is 4.42 Å². The van der Waals surface area contributed by atoms with Crippen molar-refractivity contribution in [2.24, 2.45) is 5.73 Å². The van der Waals surface area contributed by atoms with E-state index in [2.05, 4.69) is 11.9 Å². The fraction of sp³-hybridized carbons (Fsp3) is 0.300. The molecule has 2 N–H and O–H groups in total. The Morgan fingerprint density at radius 2 is 2.50 bits per heavy atom. The van der Waals surface area contributed by atoms with Gasteiger partial charge in [-0.1, -0.05) is 0 Å². The van der Waals surface area contributed by atoms with Crippen LogP contribution >= 0.6 is 0 Å². The van der Waals surface area contributed by atoms with Gasteiger partial charge in [0.05, 0.1) is 24.3 Å². The van der Waals surface area contributed by atoms with E-state index in [1.807, 2.05) is 16.7 Å². The highest BCUT2D eigenvalue weighted by molar-refractivity contribution is 5.09. The monoisotopic (exact) mass is 191 g/mol. The number of imidazole rings is 1. The van der Waals surface area contributed by atoms with E-state index in [9.17, 15) is 0 Å². The number of hydrogen-bond donors (Lipinski definition) is 1. The molecule has 74 valence electrons. The first kappa shape index (κ1) is 9.02. The summed E-state index contributed by atoms with van der Waals surface area (Å²) in [4.78, 5) is 4.07. The lowest BCUT2D eigenvalue weighted by atomic mass is 10.2. The Labute approximate surface area is 82.4 Å². The zero-order valence-corrected chi connectivity index (χ0v) is 8.05. The van der Waals surface area contributed by atoms with Gasteiger partial charge in [-0.05, 0) is 19.1 Å². The van der Waals surface area contributed by atoms with Crippen molar-refractivity contribution in [2.45, 2.75) is 19.5 Å². The third-order valence-electron chi connectivity index (χ3n) is 2.33. The van der Waals surface area contributed by atoms with Gasteiger partial charge in [0, 0.05) is 12.7 Å². The van der Waals surface area contributed by atoms with Gasteiger partial charge in [0.2, 0.25) is 0 Å². The van der Waals surface area contributed by atoms with Crippen molar-refractivity contribution in [1.29, 1.82) is 0 Å². The molecule has 0 bridgehead atoms. The maximum absolute atomic E-state index is 5.59. The number of nitrogens with two attached hydrogens (primary N) is 1.